The van der Waals surface area contributed by atoms with Gasteiger partial charge in [0.15, 0.2) is 0 Å². The molecule has 1 fully saturated rings. The number of hydrogen-bond donors (Lipinski definition) is 0. The molecule has 2 heterocycles. The van der Waals surface area contributed by atoms with Gasteiger partial charge in [-0.05, 0) is 37.6 Å². The molecule has 2 aromatic rings. The molecule has 0 aliphatic carbocycles. The van der Waals surface area contributed by atoms with E-state index in [2.05, 4.69) is 11.5 Å². The smallest absolute Gasteiger partial charge is 0.225 e. The third-order valence-corrected chi connectivity index (χ3v) is 6.00. The van der Waals surface area contributed by atoms with Crippen LogP contribution in [0.3, 0.4) is 0 Å². The number of benzene rings is 1. The number of carbonyl (C=O) groups is 1. The zero-order chi connectivity index (χ0) is 24.5. The van der Waals surface area contributed by atoms with Crippen LogP contribution in [0.25, 0.3) is 11.3 Å². The van der Waals surface area contributed by atoms with Gasteiger partial charge in [-0.3, -0.25) is 4.79 Å². The third kappa shape index (κ3) is 6.70. The lowest BCUT2D eigenvalue weighted by atomic mass is 10.0. The molecule has 34 heavy (non-hydrogen) atoms. The Kier molecular flexibility index (Phi) is 9.28. The molecule has 1 aromatic heterocycles. The Bertz CT molecular complexity index is 1050. The summed E-state index contributed by atoms with van der Waals surface area (Å²) in [7, 11) is 0. The van der Waals surface area contributed by atoms with E-state index in [1.165, 1.54) is 0 Å². The fraction of sp³-hybridized carbons (Fsp3) is 0.370. The van der Waals surface area contributed by atoms with Crippen LogP contribution in [0.2, 0.25) is 5.02 Å². The van der Waals surface area contributed by atoms with Crippen LogP contribution in [0.15, 0.2) is 66.6 Å². The Labute approximate surface area is 207 Å². The minimum absolute atomic E-state index is 0.190. The van der Waals surface area contributed by atoms with E-state index in [0.29, 0.717) is 56.6 Å². The largest absolute Gasteiger partial charge is 0.499 e. The van der Waals surface area contributed by atoms with Gasteiger partial charge in [-0.2, -0.15) is 0 Å². The lowest BCUT2D eigenvalue weighted by Gasteiger charge is -2.34. The molecule has 1 aliphatic rings. The minimum atomic E-state index is 0.190. The molecule has 7 heteroatoms. The number of halogens is 1. The van der Waals surface area contributed by atoms with Gasteiger partial charge in [-0.15, -0.1) is 0 Å². The van der Waals surface area contributed by atoms with Gasteiger partial charge in [0.05, 0.1) is 18.1 Å². The zero-order valence-electron chi connectivity index (χ0n) is 20.3. The molecule has 6 nitrogen and oxygen atoms in total. The van der Waals surface area contributed by atoms with Crippen LogP contribution in [-0.2, 0) is 16.0 Å². The van der Waals surface area contributed by atoms with Gasteiger partial charge in [0.25, 0.3) is 0 Å². The maximum Gasteiger partial charge on any atom is 0.225 e. The SMILES string of the molecule is C=C/C(=C\C=C(/C)OCC)Cc1cnc(N2CCN(C(=O)CC)CC2)nc1-c1ccc(Cl)cc1. The predicted molar refractivity (Wildman–Crippen MR) is 139 cm³/mol. The fourth-order valence-corrected chi connectivity index (χ4v) is 3.96. The molecular formula is C27H33ClN4O2. The van der Waals surface area contributed by atoms with E-state index in [9.17, 15) is 4.79 Å². The van der Waals surface area contributed by atoms with Crippen molar-refractivity contribution in [1.29, 1.82) is 0 Å². The number of anilines is 1. The number of carbonyl (C=O) groups excluding carboxylic acids is 1. The number of rotatable bonds is 9. The van der Waals surface area contributed by atoms with Crippen molar-refractivity contribution in [2.75, 3.05) is 37.7 Å². The van der Waals surface area contributed by atoms with E-state index < -0.39 is 0 Å². The number of ether oxygens (including phenoxy) is 1. The van der Waals surface area contributed by atoms with Gasteiger partial charge in [-0.25, -0.2) is 9.97 Å². The summed E-state index contributed by atoms with van der Waals surface area (Å²) in [4.78, 5) is 25.7. The molecule has 1 saturated heterocycles. The second-order valence-corrected chi connectivity index (χ2v) is 8.54. The fourth-order valence-electron chi connectivity index (χ4n) is 3.84. The summed E-state index contributed by atoms with van der Waals surface area (Å²) >= 11 is 6.13. The Morgan fingerprint density at radius 3 is 2.47 bits per heavy atom. The summed E-state index contributed by atoms with van der Waals surface area (Å²) in [5.74, 6) is 1.72. The first-order valence-corrected chi connectivity index (χ1v) is 12.1. The zero-order valence-corrected chi connectivity index (χ0v) is 21.0. The van der Waals surface area contributed by atoms with Crippen molar-refractivity contribution in [2.24, 2.45) is 0 Å². The van der Waals surface area contributed by atoms with E-state index in [-0.39, 0.29) is 5.91 Å². The number of amides is 1. The van der Waals surface area contributed by atoms with Crippen molar-refractivity contribution < 1.29 is 9.53 Å². The summed E-state index contributed by atoms with van der Waals surface area (Å²) in [6, 6.07) is 7.70. The van der Waals surface area contributed by atoms with Crippen molar-refractivity contribution in [3.05, 3.63) is 77.2 Å². The van der Waals surface area contributed by atoms with Crippen LogP contribution in [0.1, 0.15) is 32.8 Å². The summed E-state index contributed by atoms with van der Waals surface area (Å²) in [6.07, 6.45) is 8.88. The highest BCUT2D eigenvalue weighted by Crippen LogP contribution is 2.27. The molecule has 1 aliphatic heterocycles. The quantitative estimate of drug-likeness (QED) is 0.353. The molecular weight excluding hydrogens is 448 g/mol. The van der Waals surface area contributed by atoms with Gasteiger partial charge in [-0.1, -0.05) is 49.4 Å². The number of piperazine rings is 1. The summed E-state index contributed by atoms with van der Waals surface area (Å²) < 4.78 is 5.52. The molecule has 0 unspecified atom stereocenters. The molecule has 0 radical (unpaired) electrons. The maximum atomic E-state index is 12.0. The van der Waals surface area contributed by atoms with Crippen LogP contribution in [0.4, 0.5) is 5.95 Å². The number of nitrogens with zero attached hydrogens (tertiary/aromatic N) is 4. The van der Waals surface area contributed by atoms with E-state index >= 15 is 0 Å². The molecule has 1 aromatic carbocycles. The molecule has 180 valence electrons. The van der Waals surface area contributed by atoms with Crippen molar-refractivity contribution in [3.8, 4) is 11.3 Å². The summed E-state index contributed by atoms with van der Waals surface area (Å²) in [6.45, 7) is 13.2. The molecule has 0 N–H and O–H groups in total. The van der Waals surface area contributed by atoms with Crippen molar-refractivity contribution in [2.45, 2.75) is 33.6 Å². The molecule has 3 rings (SSSR count). The monoisotopic (exact) mass is 480 g/mol. The highest BCUT2D eigenvalue weighted by atomic mass is 35.5. The Balaban J connectivity index is 1.90. The van der Waals surface area contributed by atoms with Gasteiger partial charge in [0.1, 0.15) is 0 Å². The van der Waals surface area contributed by atoms with Gasteiger partial charge < -0.3 is 14.5 Å². The topological polar surface area (TPSA) is 58.6 Å². The maximum absolute atomic E-state index is 12.0. The lowest BCUT2D eigenvalue weighted by Crippen LogP contribution is -2.49. The van der Waals surface area contributed by atoms with Crippen molar-refractivity contribution in [1.82, 2.24) is 14.9 Å². The first-order valence-electron chi connectivity index (χ1n) is 11.7. The first kappa shape index (κ1) is 25.5. The standard InChI is InChI=1S/C27H33ClN4O2/c1-5-21(9-8-20(4)34-7-3)18-23-19-29-27(30-26(23)22-10-12-24(28)13-11-22)32-16-14-31(15-17-32)25(33)6-2/h5,8-13,19H,1,6-7,14-18H2,2-4H3/b20-8+,21-9+. The second kappa shape index (κ2) is 12.4. The van der Waals surface area contributed by atoms with E-state index in [1.807, 2.05) is 74.4 Å². The van der Waals surface area contributed by atoms with Gasteiger partial charge >= 0.3 is 0 Å². The first-order chi connectivity index (χ1) is 16.4. The average molecular weight is 481 g/mol. The Hall–Kier alpha value is -3.12. The number of allylic oxidation sites excluding steroid dienone is 5. The highest BCUT2D eigenvalue weighted by Gasteiger charge is 2.22. The molecule has 0 spiro atoms. The highest BCUT2D eigenvalue weighted by molar-refractivity contribution is 6.30. The average Bonchev–Trinajstić information content (AvgIpc) is 2.87. The second-order valence-electron chi connectivity index (χ2n) is 8.10. The molecule has 0 atom stereocenters. The van der Waals surface area contributed by atoms with Crippen LogP contribution in [-0.4, -0.2) is 53.6 Å². The Morgan fingerprint density at radius 1 is 1.15 bits per heavy atom. The molecule has 1 amide bonds. The predicted octanol–water partition coefficient (Wildman–Crippen LogP) is 5.45. The van der Waals surface area contributed by atoms with Crippen molar-refractivity contribution in [3.63, 3.8) is 0 Å². The van der Waals surface area contributed by atoms with Crippen LogP contribution in [0, 0.1) is 0 Å². The van der Waals surface area contributed by atoms with E-state index in [0.717, 1.165) is 28.2 Å². The third-order valence-electron chi connectivity index (χ3n) is 5.75. The van der Waals surface area contributed by atoms with Gasteiger partial charge in [0, 0.05) is 61.4 Å². The lowest BCUT2D eigenvalue weighted by molar-refractivity contribution is -0.131. The summed E-state index contributed by atoms with van der Waals surface area (Å²) in [5, 5.41) is 0.680. The van der Waals surface area contributed by atoms with Crippen LogP contribution >= 0.6 is 11.6 Å². The van der Waals surface area contributed by atoms with Gasteiger partial charge in [0.2, 0.25) is 11.9 Å². The van der Waals surface area contributed by atoms with Crippen LogP contribution < -0.4 is 4.90 Å². The van der Waals surface area contributed by atoms with E-state index in [1.54, 1.807) is 0 Å². The number of aromatic nitrogens is 2. The van der Waals surface area contributed by atoms with Crippen molar-refractivity contribution >= 4 is 23.5 Å². The van der Waals surface area contributed by atoms with Crippen LogP contribution in [0.5, 0.6) is 0 Å². The Morgan fingerprint density at radius 2 is 1.85 bits per heavy atom. The van der Waals surface area contributed by atoms with E-state index in [4.69, 9.17) is 26.3 Å². The molecule has 0 saturated carbocycles. The molecule has 0 bridgehead atoms. The number of hydrogen-bond acceptors (Lipinski definition) is 5. The summed E-state index contributed by atoms with van der Waals surface area (Å²) in [5.41, 5.74) is 3.89. The normalized spacial score (nSPS) is 14.8. The minimum Gasteiger partial charge on any atom is -0.499 e.